The lowest BCUT2D eigenvalue weighted by Gasteiger charge is -2.11. The van der Waals surface area contributed by atoms with Crippen LogP contribution in [0.3, 0.4) is 0 Å². The molecule has 0 fully saturated rings. The maximum Gasteiger partial charge on any atom is 0.134 e. The minimum absolute atomic E-state index is 0.557. The summed E-state index contributed by atoms with van der Waals surface area (Å²) in [6.45, 7) is 0.557. The van der Waals surface area contributed by atoms with E-state index >= 15 is 0 Å². The Bertz CT molecular complexity index is 947. The molecular formula is C23H20N3O. The summed E-state index contributed by atoms with van der Waals surface area (Å²) in [6, 6.07) is 20.1. The molecule has 1 N–H and O–H groups in total. The second-order valence-electron chi connectivity index (χ2n) is 6.20. The summed E-state index contributed by atoms with van der Waals surface area (Å²) in [6.07, 6.45) is 10.8. The van der Waals surface area contributed by atoms with Crippen molar-refractivity contribution in [1.29, 1.82) is 0 Å². The molecule has 1 heterocycles. The third-order valence-corrected chi connectivity index (χ3v) is 4.22. The fraction of sp³-hybridized carbons (Fsp3) is 0.0870. The first-order chi connectivity index (χ1) is 13.4. The molecule has 1 radical (unpaired) electrons. The molecule has 0 aliphatic heterocycles. The van der Waals surface area contributed by atoms with Crippen LogP contribution in [0.5, 0.6) is 5.75 Å². The van der Waals surface area contributed by atoms with Crippen molar-refractivity contribution in [3.8, 4) is 17.0 Å². The average Bonchev–Trinajstić information content (AvgIpc) is 2.74. The molecule has 1 aromatic heterocycles. The van der Waals surface area contributed by atoms with Gasteiger partial charge in [-0.1, -0.05) is 42.5 Å². The number of aromatic nitrogens is 2. The Kier molecular flexibility index (Phi) is 5.25. The van der Waals surface area contributed by atoms with Gasteiger partial charge in [0.05, 0.1) is 5.69 Å². The standard InChI is InChI=1S/C23H20N3O/c1-3-7-18(8-4-1)16-27-21-13-11-19(12-14-21)22-15-23(25-17-24-22)26-20-9-5-2-6-10-20/h1-5,7-15,17H,6,16H2,(H,24,25,26). The number of allylic oxidation sites excluding steroid dienone is 3. The smallest absolute Gasteiger partial charge is 0.134 e. The molecule has 0 unspecified atom stereocenters. The summed E-state index contributed by atoms with van der Waals surface area (Å²) in [4.78, 5) is 8.70. The van der Waals surface area contributed by atoms with Crippen molar-refractivity contribution in [3.63, 3.8) is 0 Å². The van der Waals surface area contributed by atoms with E-state index in [4.69, 9.17) is 4.74 Å². The fourth-order valence-corrected chi connectivity index (χ4v) is 2.80. The average molecular weight is 354 g/mol. The zero-order valence-electron chi connectivity index (χ0n) is 14.9. The van der Waals surface area contributed by atoms with Crippen LogP contribution in [-0.2, 0) is 6.61 Å². The molecule has 3 aromatic rings. The number of ether oxygens (including phenoxy) is 1. The van der Waals surface area contributed by atoms with E-state index in [0.29, 0.717) is 6.61 Å². The number of anilines is 1. The number of hydrogen-bond acceptors (Lipinski definition) is 4. The van der Waals surface area contributed by atoms with Crippen LogP contribution in [-0.4, -0.2) is 9.97 Å². The molecule has 2 aromatic carbocycles. The highest BCUT2D eigenvalue weighted by molar-refractivity contribution is 5.64. The second kappa shape index (κ2) is 8.32. The van der Waals surface area contributed by atoms with Crippen LogP contribution in [0.1, 0.15) is 12.0 Å². The topological polar surface area (TPSA) is 47.0 Å². The van der Waals surface area contributed by atoms with Crippen molar-refractivity contribution in [3.05, 3.63) is 103 Å². The molecular weight excluding hydrogens is 334 g/mol. The quantitative estimate of drug-likeness (QED) is 0.662. The Labute approximate surface area is 159 Å². The van der Waals surface area contributed by atoms with Crippen LogP contribution in [0.25, 0.3) is 11.3 Å². The van der Waals surface area contributed by atoms with Gasteiger partial charge in [-0.3, -0.25) is 0 Å². The van der Waals surface area contributed by atoms with Gasteiger partial charge in [0.25, 0.3) is 0 Å². The Balaban J connectivity index is 1.43. The van der Waals surface area contributed by atoms with Crippen molar-refractivity contribution in [2.24, 2.45) is 0 Å². The van der Waals surface area contributed by atoms with Crippen LogP contribution < -0.4 is 10.1 Å². The lowest BCUT2D eigenvalue weighted by Crippen LogP contribution is -2.02. The number of benzene rings is 2. The van der Waals surface area contributed by atoms with Crippen molar-refractivity contribution in [2.75, 3.05) is 5.32 Å². The zero-order chi connectivity index (χ0) is 18.3. The summed E-state index contributed by atoms with van der Waals surface area (Å²) < 4.78 is 5.84. The Hall–Kier alpha value is -3.40. The normalized spacial score (nSPS) is 13.1. The molecule has 1 aliphatic carbocycles. The van der Waals surface area contributed by atoms with E-state index < -0.39 is 0 Å². The molecule has 4 nitrogen and oxygen atoms in total. The summed E-state index contributed by atoms with van der Waals surface area (Å²) in [5.74, 6) is 1.62. The van der Waals surface area contributed by atoms with Gasteiger partial charge in [0, 0.05) is 17.3 Å². The minimum Gasteiger partial charge on any atom is -0.489 e. The van der Waals surface area contributed by atoms with Crippen LogP contribution in [0.4, 0.5) is 5.82 Å². The van der Waals surface area contributed by atoms with Crippen molar-refractivity contribution < 1.29 is 4.74 Å². The fourth-order valence-electron chi connectivity index (χ4n) is 2.80. The number of rotatable bonds is 6. The predicted octanol–water partition coefficient (Wildman–Crippen LogP) is 5.18. The van der Waals surface area contributed by atoms with Gasteiger partial charge in [0.1, 0.15) is 24.5 Å². The molecule has 0 spiro atoms. The first-order valence-corrected chi connectivity index (χ1v) is 8.93. The van der Waals surface area contributed by atoms with Gasteiger partial charge < -0.3 is 10.1 Å². The van der Waals surface area contributed by atoms with Crippen molar-refractivity contribution in [2.45, 2.75) is 13.0 Å². The van der Waals surface area contributed by atoms with Gasteiger partial charge in [-0.15, -0.1) is 0 Å². The molecule has 4 heteroatoms. The predicted molar refractivity (Wildman–Crippen MR) is 108 cm³/mol. The first-order valence-electron chi connectivity index (χ1n) is 8.93. The second-order valence-corrected chi connectivity index (χ2v) is 6.20. The van der Waals surface area contributed by atoms with Crippen LogP contribution in [0.15, 0.2) is 90.9 Å². The Morgan fingerprint density at radius 3 is 2.59 bits per heavy atom. The maximum atomic E-state index is 5.84. The molecule has 0 atom stereocenters. The number of nitrogens with one attached hydrogen (secondary N) is 1. The number of nitrogens with zero attached hydrogens (tertiary/aromatic N) is 2. The highest BCUT2D eigenvalue weighted by atomic mass is 16.5. The van der Waals surface area contributed by atoms with E-state index in [1.807, 2.05) is 60.7 Å². The highest BCUT2D eigenvalue weighted by Gasteiger charge is 2.05. The first kappa shape index (κ1) is 17.0. The minimum atomic E-state index is 0.557. The van der Waals surface area contributed by atoms with Gasteiger partial charge in [-0.25, -0.2) is 9.97 Å². The SMILES string of the molecule is [CH]1C=CC(Nc2cc(-c3ccc(OCc4ccccc4)cc3)ncn2)=CC1. The van der Waals surface area contributed by atoms with E-state index in [1.54, 1.807) is 6.33 Å². The summed E-state index contributed by atoms with van der Waals surface area (Å²) >= 11 is 0. The van der Waals surface area contributed by atoms with Crippen LogP contribution >= 0.6 is 0 Å². The summed E-state index contributed by atoms with van der Waals surface area (Å²) in [5.41, 5.74) is 4.09. The third kappa shape index (κ3) is 4.61. The molecule has 27 heavy (non-hydrogen) atoms. The lowest BCUT2D eigenvalue weighted by molar-refractivity contribution is 0.306. The van der Waals surface area contributed by atoms with Crippen LogP contribution in [0.2, 0.25) is 0 Å². The van der Waals surface area contributed by atoms with E-state index in [2.05, 4.69) is 39.9 Å². The van der Waals surface area contributed by atoms with Gasteiger partial charge >= 0.3 is 0 Å². The molecule has 1 aliphatic rings. The van der Waals surface area contributed by atoms with Crippen molar-refractivity contribution in [1.82, 2.24) is 9.97 Å². The van der Waals surface area contributed by atoms with Crippen molar-refractivity contribution >= 4 is 5.82 Å². The Morgan fingerprint density at radius 1 is 0.963 bits per heavy atom. The van der Waals surface area contributed by atoms with Gasteiger partial charge in [0.2, 0.25) is 0 Å². The van der Waals surface area contributed by atoms with Gasteiger partial charge in [-0.05, 0) is 48.7 Å². The van der Waals surface area contributed by atoms with E-state index in [-0.39, 0.29) is 0 Å². The molecule has 133 valence electrons. The third-order valence-electron chi connectivity index (χ3n) is 4.22. The van der Waals surface area contributed by atoms with E-state index in [0.717, 1.165) is 40.5 Å². The summed E-state index contributed by atoms with van der Waals surface area (Å²) in [7, 11) is 0. The lowest BCUT2D eigenvalue weighted by atomic mass is 10.1. The highest BCUT2D eigenvalue weighted by Crippen LogP contribution is 2.23. The van der Waals surface area contributed by atoms with E-state index in [9.17, 15) is 0 Å². The largest absolute Gasteiger partial charge is 0.489 e. The maximum absolute atomic E-state index is 5.84. The van der Waals surface area contributed by atoms with Gasteiger partial charge in [0.15, 0.2) is 0 Å². The molecule has 0 saturated heterocycles. The Morgan fingerprint density at radius 2 is 1.81 bits per heavy atom. The molecule has 0 bridgehead atoms. The number of hydrogen-bond donors (Lipinski definition) is 1. The molecule has 0 amide bonds. The van der Waals surface area contributed by atoms with Gasteiger partial charge in [-0.2, -0.15) is 0 Å². The monoisotopic (exact) mass is 354 g/mol. The summed E-state index contributed by atoms with van der Waals surface area (Å²) in [5, 5.41) is 3.32. The van der Waals surface area contributed by atoms with E-state index in [1.165, 1.54) is 0 Å². The molecule has 4 rings (SSSR count). The van der Waals surface area contributed by atoms with Crippen LogP contribution in [0, 0.1) is 6.42 Å². The zero-order valence-corrected chi connectivity index (χ0v) is 14.9. The molecule has 0 saturated carbocycles.